The molecule has 0 atom stereocenters. The van der Waals surface area contributed by atoms with Crippen LogP contribution in [0.3, 0.4) is 0 Å². The Morgan fingerprint density at radius 2 is 0.857 bits per heavy atom. The lowest BCUT2D eigenvalue weighted by Gasteiger charge is -2.06. The van der Waals surface area contributed by atoms with Crippen molar-refractivity contribution in [2.24, 2.45) is 11.5 Å². The van der Waals surface area contributed by atoms with Crippen LogP contribution in [0.5, 0.6) is 0 Å². The van der Waals surface area contributed by atoms with Gasteiger partial charge in [-0.05, 0) is 0 Å². The molecule has 0 fully saturated rings. The molecule has 0 rings (SSSR count). The first-order valence-corrected chi connectivity index (χ1v) is 4.94. The van der Waals surface area contributed by atoms with Crippen molar-refractivity contribution in [1.82, 2.24) is 16.0 Å². The number of hydrogen-bond donors (Lipinski definition) is 5. The number of rotatable bonds is 10. The van der Waals surface area contributed by atoms with E-state index in [0.717, 1.165) is 39.3 Å². The second-order valence-corrected chi connectivity index (χ2v) is 2.83. The minimum absolute atomic E-state index is 0. The third-order valence-electron chi connectivity index (χ3n) is 1.60. The zero-order chi connectivity index (χ0) is 9.78. The highest BCUT2D eigenvalue weighted by Gasteiger charge is 1.87. The predicted octanol–water partition coefficient (Wildman–Crippen LogP) is -2.71. The second-order valence-electron chi connectivity index (χ2n) is 2.83. The third-order valence-corrected chi connectivity index (χ3v) is 1.60. The SMILES string of the molecule is NCCNCCNCCNCCN.[B]. The van der Waals surface area contributed by atoms with Crippen molar-refractivity contribution in [1.29, 1.82) is 0 Å². The monoisotopic (exact) mass is 200 g/mol. The molecular weight excluding hydrogens is 177 g/mol. The van der Waals surface area contributed by atoms with Gasteiger partial charge in [0.1, 0.15) is 0 Å². The summed E-state index contributed by atoms with van der Waals surface area (Å²) in [5.41, 5.74) is 10.6. The molecule has 14 heavy (non-hydrogen) atoms. The highest BCUT2D eigenvalue weighted by Crippen LogP contribution is 1.60. The fourth-order valence-electron chi connectivity index (χ4n) is 0.933. The van der Waals surface area contributed by atoms with Crippen LogP contribution in [0.1, 0.15) is 0 Å². The molecule has 0 aliphatic heterocycles. The molecule has 0 aromatic carbocycles. The van der Waals surface area contributed by atoms with Crippen LogP contribution in [0.2, 0.25) is 0 Å². The largest absolute Gasteiger partial charge is 0.329 e. The Hall–Kier alpha value is -0.135. The zero-order valence-corrected chi connectivity index (χ0v) is 8.89. The van der Waals surface area contributed by atoms with E-state index in [1.54, 1.807) is 0 Å². The summed E-state index contributed by atoms with van der Waals surface area (Å²) in [5, 5.41) is 9.71. The van der Waals surface area contributed by atoms with Crippen LogP contribution in [0.25, 0.3) is 0 Å². The van der Waals surface area contributed by atoms with Crippen LogP contribution in [-0.2, 0) is 0 Å². The molecule has 0 bridgehead atoms. The van der Waals surface area contributed by atoms with Gasteiger partial charge in [0.05, 0.1) is 0 Å². The maximum Gasteiger partial charge on any atom is 0.00772 e. The molecule has 83 valence electrons. The number of nitrogens with one attached hydrogen (secondary N) is 3. The minimum Gasteiger partial charge on any atom is -0.329 e. The van der Waals surface area contributed by atoms with E-state index >= 15 is 0 Å². The molecule has 0 unspecified atom stereocenters. The molecule has 0 heterocycles. The van der Waals surface area contributed by atoms with Crippen molar-refractivity contribution >= 4 is 8.41 Å². The first kappa shape index (κ1) is 16.3. The van der Waals surface area contributed by atoms with Crippen molar-refractivity contribution in [3.05, 3.63) is 0 Å². The summed E-state index contributed by atoms with van der Waals surface area (Å²) in [5.74, 6) is 0. The van der Waals surface area contributed by atoms with E-state index in [1.165, 1.54) is 0 Å². The van der Waals surface area contributed by atoms with E-state index < -0.39 is 0 Å². The Balaban J connectivity index is 0. The highest BCUT2D eigenvalue weighted by atomic mass is 15.0. The van der Waals surface area contributed by atoms with Crippen LogP contribution in [0.15, 0.2) is 0 Å². The van der Waals surface area contributed by atoms with Gasteiger partial charge in [-0.25, -0.2) is 0 Å². The van der Waals surface area contributed by atoms with Gasteiger partial charge in [-0.15, -0.1) is 0 Å². The summed E-state index contributed by atoms with van der Waals surface area (Å²) in [7, 11) is 0. The van der Waals surface area contributed by atoms with Crippen LogP contribution in [0, 0.1) is 0 Å². The van der Waals surface area contributed by atoms with Gasteiger partial charge >= 0.3 is 0 Å². The molecule has 0 amide bonds. The molecule has 0 aliphatic carbocycles. The van der Waals surface area contributed by atoms with Gasteiger partial charge in [0, 0.05) is 60.8 Å². The van der Waals surface area contributed by atoms with Gasteiger partial charge in [-0.3, -0.25) is 0 Å². The van der Waals surface area contributed by atoms with Gasteiger partial charge in [-0.1, -0.05) is 0 Å². The van der Waals surface area contributed by atoms with Gasteiger partial charge in [0.15, 0.2) is 0 Å². The Morgan fingerprint density at radius 1 is 0.571 bits per heavy atom. The number of hydrogen-bond acceptors (Lipinski definition) is 5. The van der Waals surface area contributed by atoms with Crippen molar-refractivity contribution in [3.8, 4) is 0 Å². The molecule has 0 aromatic rings. The third kappa shape index (κ3) is 14.4. The standard InChI is InChI=1S/C8H23N5.B/c9-1-3-11-5-7-13-8-6-12-4-2-10;/h11-13H,1-10H2;. The van der Waals surface area contributed by atoms with Gasteiger partial charge in [0.2, 0.25) is 0 Å². The summed E-state index contributed by atoms with van der Waals surface area (Å²) in [6, 6.07) is 0. The first-order chi connectivity index (χ1) is 6.41. The van der Waals surface area contributed by atoms with Crippen LogP contribution in [-0.4, -0.2) is 60.8 Å². The number of nitrogens with two attached hydrogens (primary N) is 2. The van der Waals surface area contributed by atoms with Crippen molar-refractivity contribution in [3.63, 3.8) is 0 Å². The Kier molecular flexibility index (Phi) is 17.9. The summed E-state index contributed by atoms with van der Waals surface area (Å²) in [6.07, 6.45) is 0. The Morgan fingerprint density at radius 3 is 1.14 bits per heavy atom. The van der Waals surface area contributed by atoms with E-state index in [2.05, 4.69) is 16.0 Å². The first-order valence-electron chi connectivity index (χ1n) is 4.94. The summed E-state index contributed by atoms with van der Waals surface area (Å²) >= 11 is 0. The van der Waals surface area contributed by atoms with Crippen LogP contribution >= 0.6 is 0 Å². The minimum atomic E-state index is 0. The topological polar surface area (TPSA) is 88.1 Å². The fraction of sp³-hybridized carbons (Fsp3) is 1.00. The fourth-order valence-corrected chi connectivity index (χ4v) is 0.933. The maximum atomic E-state index is 5.32. The molecule has 6 heteroatoms. The Bertz CT molecular complexity index is 83.8. The van der Waals surface area contributed by atoms with Crippen molar-refractivity contribution < 1.29 is 0 Å². The normalized spacial score (nSPS) is 9.86. The molecule has 5 nitrogen and oxygen atoms in total. The zero-order valence-electron chi connectivity index (χ0n) is 8.89. The van der Waals surface area contributed by atoms with Gasteiger partial charge in [-0.2, -0.15) is 0 Å². The smallest absolute Gasteiger partial charge is 0.00772 e. The predicted molar refractivity (Wildman–Crippen MR) is 62.5 cm³/mol. The molecule has 0 saturated carbocycles. The van der Waals surface area contributed by atoms with E-state index in [4.69, 9.17) is 11.5 Å². The van der Waals surface area contributed by atoms with Crippen molar-refractivity contribution in [2.45, 2.75) is 0 Å². The van der Waals surface area contributed by atoms with Gasteiger partial charge in [0.25, 0.3) is 0 Å². The molecule has 0 aromatic heterocycles. The lowest BCUT2D eigenvalue weighted by Crippen LogP contribution is -2.35. The maximum absolute atomic E-state index is 5.32. The highest BCUT2D eigenvalue weighted by molar-refractivity contribution is 5.75. The summed E-state index contributed by atoms with van der Waals surface area (Å²) in [4.78, 5) is 0. The molecule has 3 radical (unpaired) electrons. The average molecular weight is 200 g/mol. The molecule has 0 saturated heterocycles. The Labute approximate surface area is 88.9 Å². The van der Waals surface area contributed by atoms with Crippen LogP contribution < -0.4 is 27.4 Å². The van der Waals surface area contributed by atoms with E-state index in [1.807, 2.05) is 0 Å². The average Bonchev–Trinajstić information content (AvgIpc) is 2.16. The van der Waals surface area contributed by atoms with E-state index in [9.17, 15) is 0 Å². The molecule has 7 N–H and O–H groups in total. The molecule has 0 aliphatic rings. The summed E-state index contributed by atoms with van der Waals surface area (Å²) < 4.78 is 0. The quantitative estimate of drug-likeness (QED) is 0.195. The molecular formula is C8H23BN5. The summed E-state index contributed by atoms with van der Waals surface area (Å²) in [6.45, 7) is 7.15. The second kappa shape index (κ2) is 15.3. The van der Waals surface area contributed by atoms with E-state index in [0.29, 0.717) is 13.1 Å². The lowest BCUT2D eigenvalue weighted by atomic mass is 10.5. The lowest BCUT2D eigenvalue weighted by molar-refractivity contribution is 0.586. The van der Waals surface area contributed by atoms with Crippen LogP contribution in [0.4, 0.5) is 0 Å². The van der Waals surface area contributed by atoms with Crippen molar-refractivity contribution in [2.75, 3.05) is 52.4 Å². The molecule has 0 spiro atoms. The van der Waals surface area contributed by atoms with Gasteiger partial charge < -0.3 is 27.4 Å². The van der Waals surface area contributed by atoms with E-state index in [-0.39, 0.29) is 8.41 Å².